The van der Waals surface area contributed by atoms with Crippen molar-refractivity contribution in [1.29, 1.82) is 0 Å². The van der Waals surface area contributed by atoms with Gasteiger partial charge in [-0.15, -0.1) is 11.3 Å². The molecule has 4 rings (SSSR count). The number of esters is 1. The van der Waals surface area contributed by atoms with Gasteiger partial charge >= 0.3 is 12.1 Å². The summed E-state index contributed by atoms with van der Waals surface area (Å²) in [6.07, 6.45) is 3.18. The van der Waals surface area contributed by atoms with Crippen LogP contribution >= 0.6 is 11.3 Å². The Bertz CT molecular complexity index is 1950. The highest BCUT2D eigenvalue weighted by Crippen LogP contribution is 2.29. The van der Waals surface area contributed by atoms with Crippen molar-refractivity contribution in [2.75, 3.05) is 51.8 Å². The Morgan fingerprint density at radius 2 is 1.73 bits per heavy atom. The number of rotatable bonds is 18. The largest absolute Gasteiger partial charge is 0.494 e. The summed E-state index contributed by atoms with van der Waals surface area (Å²) in [5, 5.41) is 8.42. The molecule has 0 radical (unpaired) electrons. The summed E-state index contributed by atoms with van der Waals surface area (Å²) in [6, 6.07) is 9.23. The van der Waals surface area contributed by atoms with Gasteiger partial charge in [-0.3, -0.25) is 19.3 Å². The van der Waals surface area contributed by atoms with Crippen molar-refractivity contribution in [3.05, 3.63) is 68.5 Å². The highest BCUT2D eigenvalue weighted by Gasteiger charge is 2.31. The van der Waals surface area contributed by atoms with Gasteiger partial charge < -0.3 is 30.2 Å². The summed E-state index contributed by atoms with van der Waals surface area (Å²) in [6.45, 7) is 10.4. The van der Waals surface area contributed by atoms with E-state index in [1.807, 2.05) is 39.0 Å². The van der Waals surface area contributed by atoms with Crippen LogP contribution in [0.4, 0.5) is 10.6 Å². The molecule has 306 valence electrons. The van der Waals surface area contributed by atoms with E-state index in [0.29, 0.717) is 72.9 Å². The Morgan fingerprint density at radius 3 is 2.41 bits per heavy atom. The van der Waals surface area contributed by atoms with Crippen LogP contribution < -0.4 is 30.3 Å². The number of ether oxygens (including phenoxy) is 3. The first-order chi connectivity index (χ1) is 26.5. The molecular weight excluding hydrogens is 761 g/mol. The standard InChI is InChI=1S/C39H54N6O9S2/c1-25-22-29(53-21-9-11-33(46)41-19-18-40-6)23-26(2)34(25)56(50,51)44-31(37(48)52-7)24-42-36(47)32-17-16-30(55-32)15-14-28-13-12-27-10-8-20-45(35(27)43-28)38(49)54-39(3,4)5/h12-13,16-17,22-23,31,40,44H,8-11,14-15,18-21,24H2,1-7H3,(H,41,46)(H,42,47). The van der Waals surface area contributed by atoms with Crippen LogP contribution in [0.3, 0.4) is 0 Å². The predicted molar refractivity (Wildman–Crippen MR) is 214 cm³/mol. The molecule has 2 aromatic heterocycles. The average Bonchev–Trinajstić information content (AvgIpc) is 3.61. The van der Waals surface area contributed by atoms with Crippen LogP contribution in [0, 0.1) is 13.8 Å². The molecular formula is C39H54N6O9S2. The molecule has 1 aliphatic rings. The van der Waals surface area contributed by atoms with E-state index in [1.165, 1.54) is 11.3 Å². The SMILES string of the molecule is CNCCNC(=O)CCCOc1cc(C)c(S(=O)(=O)NC(CNC(=O)c2ccc(CCc3ccc4c(n3)N(C(=O)OC(C)(C)C)CCC4)s2)C(=O)OC)c(C)c1. The number of fused-ring (bicyclic) bond motifs is 1. The van der Waals surface area contributed by atoms with Gasteiger partial charge in [-0.25, -0.2) is 18.2 Å². The molecule has 0 saturated carbocycles. The van der Waals surface area contributed by atoms with E-state index in [2.05, 4.69) is 20.7 Å². The summed E-state index contributed by atoms with van der Waals surface area (Å²) in [5.74, 6) is -0.351. The highest BCUT2D eigenvalue weighted by molar-refractivity contribution is 7.89. The maximum atomic E-state index is 13.6. The molecule has 0 fully saturated rings. The number of methoxy groups -OCH3 is 1. The number of anilines is 1. The van der Waals surface area contributed by atoms with Crippen molar-refractivity contribution in [3.63, 3.8) is 0 Å². The molecule has 0 bridgehead atoms. The maximum Gasteiger partial charge on any atom is 0.416 e. The first-order valence-electron chi connectivity index (χ1n) is 18.6. The van der Waals surface area contributed by atoms with Crippen molar-refractivity contribution in [3.8, 4) is 5.75 Å². The third-order valence-electron chi connectivity index (χ3n) is 8.69. The molecule has 1 atom stereocenters. The minimum absolute atomic E-state index is 0.0251. The summed E-state index contributed by atoms with van der Waals surface area (Å²) < 4.78 is 45.9. The number of likely N-dealkylation sites (N-methyl/N-ethyl adjacent to an activating group) is 1. The number of benzene rings is 1. The fourth-order valence-corrected chi connectivity index (χ4v) is 8.66. The van der Waals surface area contributed by atoms with Crippen LogP contribution in [0.15, 0.2) is 41.3 Å². The zero-order valence-electron chi connectivity index (χ0n) is 33.2. The van der Waals surface area contributed by atoms with Crippen LogP contribution in [-0.2, 0) is 48.3 Å². The molecule has 0 spiro atoms. The van der Waals surface area contributed by atoms with E-state index in [-0.39, 0.29) is 24.0 Å². The quantitative estimate of drug-likeness (QED) is 0.107. The number of carbonyl (C=O) groups excluding carboxylic acids is 4. The molecule has 0 saturated heterocycles. The second-order valence-electron chi connectivity index (χ2n) is 14.5. The molecule has 3 heterocycles. The van der Waals surface area contributed by atoms with Gasteiger partial charge in [0, 0.05) is 43.2 Å². The van der Waals surface area contributed by atoms with E-state index in [9.17, 15) is 27.6 Å². The fourth-order valence-electron chi connectivity index (χ4n) is 6.10. The Kier molecular flexibility index (Phi) is 15.8. The van der Waals surface area contributed by atoms with E-state index in [0.717, 1.165) is 36.1 Å². The number of hydrogen-bond donors (Lipinski definition) is 4. The van der Waals surface area contributed by atoms with Crippen molar-refractivity contribution in [2.45, 2.75) is 89.7 Å². The van der Waals surface area contributed by atoms with Crippen molar-refractivity contribution in [2.24, 2.45) is 0 Å². The number of hydrogen-bond acceptors (Lipinski definition) is 12. The lowest BCUT2D eigenvalue weighted by molar-refractivity contribution is -0.142. The number of aromatic nitrogens is 1. The van der Waals surface area contributed by atoms with Crippen LogP contribution in [-0.4, -0.2) is 95.9 Å². The zero-order chi connectivity index (χ0) is 41.0. The zero-order valence-corrected chi connectivity index (χ0v) is 34.8. The van der Waals surface area contributed by atoms with Gasteiger partial charge in [0.2, 0.25) is 15.9 Å². The van der Waals surface area contributed by atoms with E-state index in [1.54, 1.807) is 44.0 Å². The molecule has 1 unspecified atom stereocenters. The lowest BCUT2D eigenvalue weighted by Crippen LogP contribution is -2.49. The van der Waals surface area contributed by atoms with Gasteiger partial charge in [0.1, 0.15) is 23.2 Å². The number of carbonyl (C=O) groups is 4. The Balaban J connectivity index is 1.33. The van der Waals surface area contributed by atoms with E-state index >= 15 is 0 Å². The molecule has 1 aromatic carbocycles. The van der Waals surface area contributed by atoms with Gasteiger partial charge in [0.25, 0.3) is 5.91 Å². The Morgan fingerprint density at radius 1 is 1.00 bits per heavy atom. The maximum absolute atomic E-state index is 13.6. The van der Waals surface area contributed by atoms with Crippen molar-refractivity contribution in [1.82, 2.24) is 25.7 Å². The average molecular weight is 815 g/mol. The summed E-state index contributed by atoms with van der Waals surface area (Å²) in [7, 11) is -1.31. The van der Waals surface area contributed by atoms with Crippen LogP contribution in [0.5, 0.6) is 5.75 Å². The number of sulfonamides is 1. The molecule has 56 heavy (non-hydrogen) atoms. The minimum atomic E-state index is -4.25. The highest BCUT2D eigenvalue weighted by atomic mass is 32.2. The number of nitrogens with zero attached hydrogens (tertiary/aromatic N) is 2. The number of aryl methyl sites for hydroxylation is 5. The van der Waals surface area contributed by atoms with Crippen molar-refractivity contribution < 1.29 is 41.8 Å². The van der Waals surface area contributed by atoms with Crippen LogP contribution in [0.1, 0.15) is 77.0 Å². The van der Waals surface area contributed by atoms with Gasteiger partial charge in [0.05, 0.1) is 23.5 Å². The Labute approximate surface area is 333 Å². The third kappa shape index (κ3) is 12.7. The molecule has 15 nitrogen and oxygen atoms in total. The number of pyridine rings is 1. The predicted octanol–water partition coefficient (Wildman–Crippen LogP) is 3.98. The molecule has 3 aromatic rings. The first-order valence-corrected chi connectivity index (χ1v) is 20.9. The smallest absolute Gasteiger partial charge is 0.416 e. The third-order valence-corrected chi connectivity index (χ3v) is 11.6. The normalized spacial score (nSPS) is 13.4. The topological polar surface area (TPSA) is 194 Å². The fraction of sp³-hybridized carbons (Fsp3) is 0.513. The number of thiophene rings is 1. The molecule has 1 aliphatic heterocycles. The molecule has 3 amide bonds. The van der Waals surface area contributed by atoms with Crippen molar-refractivity contribution >= 4 is 51.1 Å². The number of amides is 3. The van der Waals surface area contributed by atoms with E-state index in [4.69, 9.17) is 19.2 Å². The lowest BCUT2D eigenvalue weighted by atomic mass is 10.0. The minimum Gasteiger partial charge on any atom is -0.494 e. The second kappa shape index (κ2) is 20.0. The van der Waals surface area contributed by atoms with Crippen LogP contribution in [0.2, 0.25) is 0 Å². The van der Waals surface area contributed by atoms with Gasteiger partial charge in [0.15, 0.2) is 0 Å². The molecule has 0 aliphatic carbocycles. The first kappa shape index (κ1) is 44.1. The number of nitrogens with one attached hydrogen (secondary N) is 4. The van der Waals surface area contributed by atoms with Gasteiger partial charge in [-0.2, -0.15) is 4.72 Å². The lowest BCUT2D eigenvalue weighted by Gasteiger charge is -2.31. The van der Waals surface area contributed by atoms with Gasteiger partial charge in [-0.05, 0) is 121 Å². The monoisotopic (exact) mass is 814 g/mol. The van der Waals surface area contributed by atoms with E-state index < -0.39 is 39.6 Å². The summed E-state index contributed by atoms with van der Waals surface area (Å²) >= 11 is 1.28. The summed E-state index contributed by atoms with van der Waals surface area (Å²) in [4.78, 5) is 58.4. The molecule has 4 N–H and O–H groups in total. The Hall–Kier alpha value is -4.58. The second-order valence-corrected chi connectivity index (χ2v) is 17.3. The molecule has 17 heteroatoms. The summed E-state index contributed by atoms with van der Waals surface area (Å²) in [5.41, 5.74) is 1.95. The van der Waals surface area contributed by atoms with Gasteiger partial charge in [-0.1, -0.05) is 6.07 Å². The van der Waals surface area contributed by atoms with Crippen LogP contribution in [0.25, 0.3) is 0 Å².